The fourth-order valence-electron chi connectivity index (χ4n) is 1.96. The summed E-state index contributed by atoms with van der Waals surface area (Å²) in [5.41, 5.74) is 1.52. The molecule has 2 rings (SSSR count). The molecule has 0 aliphatic rings. The molecule has 0 amide bonds. The summed E-state index contributed by atoms with van der Waals surface area (Å²) in [6.45, 7) is 2.88. The van der Waals surface area contributed by atoms with Crippen LogP contribution in [0, 0.1) is 5.82 Å². The van der Waals surface area contributed by atoms with Gasteiger partial charge in [0.1, 0.15) is 5.82 Å². The zero-order valence-electron chi connectivity index (χ0n) is 11.0. The molecule has 1 aromatic heterocycles. The number of hydrogen-bond acceptors (Lipinski definition) is 2. The van der Waals surface area contributed by atoms with Crippen LogP contribution in [0.25, 0.3) is 0 Å². The van der Waals surface area contributed by atoms with Gasteiger partial charge in [-0.15, -0.1) is 0 Å². The Labute approximate surface area is 131 Å². The minimum atomic E-state index is -0.301. The van der Waals surface area contributed by atoms with Crippen LogP contribution < -0.4 is 5.32 Å². The Balaban J connectivity index is 2.41. The molecule has 1 unspecified atom stereocenters. The van der Waals surface area contributed by atoms with Crippen molar-refractivity contribution in [2.24, 2.45) is 0 Å². The van der Waals surface area contributed by atoms with Crippen molar-refractivity contribution in [1.82, 2.24) is 10.3 Å². The van der Waals surface area contributed by atoms with Gasteiger partial charge in [-0.1, -0.05) is 18.5 Å². The molecule has 0 saturated heterocycles. The number of pyridine rings is 1. The van der Waals surface area contributed by atoms with Gasteiger partial charge in [-0.3, -0.25) is 4.98 Å². The normalized spacial score (nSPS) is 12.4. The molecular formula is C15H15BrClFN2. The highest BCUT2D eigenvalue weighted by Gasteiger charge is 2.18. The second-order valence-electron chi connectivity index (χ2n) is 4.45. The molecule has 0 bridgehead atoms. The summed E-state index contributed by atoms with van der Waals surface area (Å²) in [6, 6.07) is 7.99. The highest BCUT2D eigenvalue weighted by Crippen LogP contribution is 2.28. The van der Waals surface area contributed by atoms with E-state index in [0.717, 1.165) is 23.1 Å². The first-order valence-corrected chi connectivity index (χ1v) is 7.58. The Morgan fingerprint density at radius 2 is 2.15 bits per heavy atom. The van der Waals surface area contributed by atoms with E-state index in [2.05, 4.69) is 33.2 Å². The van der Waals surface area contributed by atoms with E-state index >= 15 is 0 Å². The Hall–Kier alpha value is -0.970. The van der Waals surface area contributed by atoms with Crippen molar-refractivity contribution in [1.29, 1.82) is 0 Å². The van der Waals surface area contributed by atoms with Crippen LogP contribution >= 0.6 is 27.5 Å². The smallest absolute Gasteiger partial charge is 0.123 e. The summed E-state index contributed by atoms with van der Waals surface area (Å²) < 4.78 is 14.4. The van der Waals surface area contributed by atoms with Crippen molar-refractivity contribution < 1.29 is 4.39 Å². The van der Waals surface area contributed by atoms with Gasteiger partial charge >= 0.3 is 0 Å². The number of nitrogens with one attached hydrogen (secondary N) is 1. The van der Waals surface area contributed by atoms with Crippen molar-refractivity contribution in [3.63, 3.8) is 0 Å². The fraction of sp³-hybridized carbons (Fsp3) is 0.267. The van der Waals surface area contributed by atoms with Crippen molar-refractivity contribution >= 4 is 27.5 Å². The van der Waals surface area contributed by atoms with E-state index in [1.807, 2.05) is 12.1 Å². The van der Waals surface area contributed by atoms with Crippen molar-refractivity contribution in [3.05, 3.63) is 63.1 Å². The quantitative estimate of drug-likeness (QED) is 0.837. The van der Waals surface area contributed by atoms with Crippen molar-refractivity contribution in [3.8, 4) is 0 Å². The standard InChI is InChI=1S/C15H15BrClFN2/c1-2-7-19-15(14-6-3-10(16)9-20-14)12-8-11(18)4-5-13(12)17/h3-6,8-9,15,19H,2,7H2,1H3. The molecule has 1 aromatic carbocycles. The summed E-state index contributed by atoms with van der Waals surface area (Å²) in [5, 5.41) is 3.89. The molecule has 0 saturated carbocycles. The molecule has 0 aliphatic carbocycles. The third kappa shape index (κ3) is 3.78. The van der Waals surface area contributed by atoms with E-state index in [1.54, 1.807) is 12.3 Å². The molecule has 0 radical (unpaired) electrons. The lowest BCUT2D eigenvalue weighted by molar-refractivity contribution is 0.576. The topological polar surface area (TPSA) is 24.9 Å². The van der Waals surface area contributed by atoms with Crippen LogP contribution in [0.3, 0.4) is 0 Å². The Kier molecular flexibility index (Phi) is 5.52. The number of nitrogens with zero attached hydrogens (tertiary/aromatic N) is 1. The van der Waals surface area contributed by atoms with Crippen LogP contribution in [0.15, 0.2) is 41.0 Å². The average molecular weight is 358 g/mol. The van der Waals surface area contributed by atoms with Gasteiger partial charge in [0.2, 0.25) is 0 Å². The summed E-state index contributed by atoms with van der Waals surface area (Å²) in [7, 11) is 0. The van der Waals surface area contributed by atoms with Gasteiger partial charge in [0, 0.05) is 15.7 Å². The van der Waals surface area contributed by atoms with Gasteiger partial charge in [0.15, 0.2) is 0 Å². The number of hydrogen-bond donors (Lipinski definition) is 1. The van der Waals surface area contributed by atoms with E-state index < -0.39 is 0 Å². The van der Waals surface area contributed by atoms with Gasteiger partial charge in [-0.05, 0) is 64.8 Å². The van der Waals surface area contributed by atoms with E-state index in [9.17, 15) is 4.39 Å². The second-order valence-corrected chi connectivity index (χ2v) is 5.78. The predicted octanol–water partition coefficient (Wildman–Crippen LogP) is 4.73. The lowest BCUT2D eigenvalue weighted by Crippen LogP contribution is -2.24. The monoisotopic (exact) mass is 356 g/mol. The third-order valence-corrected chi connectivity index (χ3v) is 3.73. The minimum absolute atomic E-state index is 0.216. The molecule has 1 atom stereocenters. The van der Waals surface area contributed by atoms with E-state index in [4.69, 9.17) is 11.6 Å². The lowest BCUT2D eigenvalue weighted by atomic mass is 10.0. The fourth-order valence-corrected chi connectivity index (χ4v) is 2.42. The molecule has 20 heavy (non-hydrogen) atoms. The molecule has 5 heteroatoms. The van der Waals surface area contributed by atoms with E-state index in [-0.39, 0.29) is 11.9 Å². The van der Waals surface area contributed by atoms with Crippen LogP contribution in [0.5, 0.6) is 0 Å². The maximum Gasteiger partial charge on any atom is 0.123 e. The minimum Gasteiger partial charge on any atom is -0.305 e. The van der Waals surface area contributed by atoms with Gasteiger partial charge in [0.05, 0.1) is 11.7 Å². The van der Waals surface area contributed by atoms with Crippen LogP contribution in [-0.4, -0.2) is 11.5 Å². The molecule has 106 valence electrons. The number of aromatic nitrogens is 1. The van der Waals surface area contributed by atoms with Gasteiger partial charge < -0.3 is 5.32 Å². The Morgan fingerprint density at radius 3 is 2.80 bits per heavy atom. The lowest BCUT2D eigenvalue weighted by Gasteiger charge is -2.20. The molecule has 1 N–H and O–H groups in total. The van der Waals surface area contributed by atoms with E-state index in [0.29, 0.717) is 10.6 Å². The van der Waals surface area contributed by atoms with Crippen LogP contribution in [-0.2, 0) is 0 Å². The molecule has 1 heterocycles. The third-order valence-electron chi connectivity index (χ3n) is 2.91. The average Bonchev–Trinajstić information content (AvgIpc) is 2.44. The van der Waals surface area contributed by atoms with Crippen molar-refractivity contribution in [2.75, 3.05) is 6.54 Å². The van der Waals surface area contributed by atoms with Gasteiger partial charge in [-0.2, -0.15) is 0 Å². The highest BCUT2D eigenvalue weighted by atomic mass is 79.9. The first-order valence-electron chi connectivity index (χ1n) is 6.41. The zero-order chi connectivity index (χ0) is 14.5. The van der Waals surface area contributed by atoms with Crippen LogP contribution in [0.4, 0.5) is 4.39 Å². The van der Waals surface area contributed by atoms with Gasteiger partial charge in [-0.25, -0.2) is 4.39 Å². The van der Waals surface area contributed by atoms with Crippen LogP contribution in [0.2, 0.25) is 5.02 Å². The summed E-state index contributed by atoms with van der Waals surface area (Å²) in [4.78, 5) is 4.39. The summed E-state index contributed by atoms with van der Waals surface area (Å²) in [5.74, 6) is -0.301. The maximum atomic E-state index is 13.5. The van der Waals surface area contributed by atoms with Crippen molar-refractivity contribution in [2.45, 2.75) is 19.4 Å². The van der Waals surface area contributed by atoms with Crippen LogP contribution in [0.1, 0.15) is 30.6 Å². The first-order chi connectivity index (χ1) is 9.61. The maximum absolute atomic E-state index is 13.5. The van der Waals surface area contributed by atoms with Gasteiger partial charge in [0.25, 0.3) is 0 Å². The van der Waals surface area contributed by atoms with E-state index in [1.165, 1.54) is 12.1 Å². The zero-order valence-corrected chi connectivity index (χ0v) is 13.4. The highest BCUT2D eigenvalue weighted by molar-refractivity contribution is 9.10. The molecular weight excluding hydrogens is 343 g/mol. The molecule has 0 spiro atoms. The molecule has 0 fully saturated rings. The predicted molar refractivity (Wildman–Crippen MR) is 83.5 cm³/mol. The number of benzene rings is 1. The molecule has 2 aromatic rings. The largest absolute Gasteiger partial charge is 0.305 e. The first kappa shape index (κ1) is 15.4. The Morgan fingerprint density at radius 1 is 1.35 bits per heavy atom. The number of rotatable bonds is 5. The molecule has 0 aliphatic heterocycles. The Bertz CT molecular complexity index is 575. The second kappa shape index (κ2) is 7.16. The SMILES string of the molecule is CCCNC(c1ccc(Br)cn1)c1cc(F)ccc1Cl. The summed E-state index contributed by atoms with van der Waals surface area (Å²) in [6.07, 6.45) is 2.70. The number of halogens is 3. The summed E-state index contributed by atoms with van der Waals surface area (Å²) >= 11 is 9.57. The molecule has 2 nitrogen and oxygen atoms in total.